The van der Waals surface area contributed by atoms with Gasteiger partial charge in [-0.2, -0.15) is 0 Å². The molecule has 3 nitrogen and oxygen atoms in total. The minimum Gasteiger partial charge on any atom is -0.286 e. The first-order valence-electron chi connectivity index (χ1n) is 9.56. The van der Waals surface area contributed by atoms with E-state index in [1.165, 1.54) is 11.1 Å². The molecule has 3 aromatic rings. The first-order chi connectivity index (χ1) is 13.1. The van der Waals surface area contributed by atoms with E-state index in [0.717, 1.165) is 34.8 Å². The zero-order chi connectivity index (χ0) is 18.6. The van der Waals surface area contributed by atoms with Crippen LogP contribution in [-0.4, -0.2) is 9.55 Å². The molecule has 0 saturated carbocycles. The standard InChI is InChI=1S/C23H22N2OS/c1-3-23(2)13-16-11-7-8-12-17(16)20-19(23)21(26)25-14-18(27-22(25)24-20)15-9-5-4-6-10-15/h4-12,18H,3,13-14H2,1-2H3/t18-,23+/m1/s1. The number of aromatic nitrogens is 2. The quantitative estimate of drug-likeness (QED) is 0.593. The van der Waals surface area contributed by atoms with E-state index < -0.39 is 0 Å². The van der Waals surface area contributed by atoms with Crippen LogP contribution in [0.5, 0.6) is 0 Å². The summed E-state index contributed by atoms with van der Waals surface area (Å²) in [5, 5.41) is 1.10. The van der Waals surface area contributed by atoms with Crippen molar-refractivity contribution < 1.29 is 0 Å². The SMILES string of the molecule is CC[C@@]1(C)Cc2ccccc2-c2nc3n(c(=O)c21)C[C@H](c1ccccc1)S3. The van der Waals surface area contributed by atoms with Crippen LogP contribution in [0, 0.1) is 0 Å². The third-order valence-corrected chi connectivity index (χ3v) is 7.37. The normalized spacial score (nSPS) is 22.8. The highest BCUT2D eigenvalue weighted by atomic mass is 32.2. The summed E-state index contributed by atoms with van der Waals surface area (Å²) < 4.78 is 1.91. The molecule has 4 heteroatoms. The van der Waals surface area contributed by atoms with Crippen molar-refractivity contribution in [3.05, 3.63) is 81.6 Å². The summed E-state index contributed by atoms with van der Waals surface area (Å²) >= 11 is 1.71. The van der Waals surface area contributed by atoms with Gasteiger partial charge in [-0.3, -0.25) is 9.36 Å². The van der Waals surface area contributed by atoms with E-state index >= 15 is 0 Å². The van der Waals surface area contributed by atoms with Crippen molar-refractivity contribution in [2.45, 2.75) is 49.1 Å². The van der Waals surface area contributed by atoms with Gasteiger partial charge in [0.1, 0.15) is 0 Å². The molecule has 5 rings (SSSR count). The molecule has 1 aliphatic carbocycles. The van der Waals surface area contributed by atoms with E-state index in [9.17, 15) is 4.79 Å². The molecule has 1 aliphatic heterocycles. The van der Waals surface area contributed by atoms with Crippen molar-refractivity contribution >= 4 is 11.8 Å². The van der Waals surface area contributed by atoms with Gasteiger partial charge in [0.05, 0.1) is 16.5 Å². The van der Waals surface area contributed by atoms with Crippen LogP contribution in [0.1, 0.15) is 42.2 Å². The number of hydrogen-bond donors (Lipinski definition) is 0. The van der Waals surface area contributed by atoms with Crippen LogP contribution >= 0.6 is 11.8 Å². The Kier molecular flexibility index (Phi) is 3.80. The van der Waals surface area contributed by atoms with Gasteiger partial charge >= 0.3 is 0 Å². The molecule has 0 spiro atoms. The van der Waals surface area contributed by atoms with Crippen molar-refractivity contribution in [2.75, 3.05) is 0 Å². The molecule has 2 atom stereocenters. The molecule has 136 valence electrons. The van der Waals surface area contributed by atoms with Crippen LogP contribution in [0.15, 0.2) is 64.5 Å². The van der Waals surface area contributed by atoms with Crippen LogP contribution in [-0.2, 0) is 18.4 Å². The maximum Gasteiger partial charge on any atom is 0.258 e. The molecule has 0 radical (unpaired) electrons. The Bertz CT molecular complexity index is 1090. The lowest BCUT2D eigenvalue weighted by molar-refractivity contribution is 0.429. The molecular weight excluding hydrogens is 352 g/mol. The zero-order valence-corrected chi connectivity index (χ0v) is 16.4. The topological polar surface area (TPSA) is 34.9 Å². The summed E-state index contributed by atoms with van der Waals surface area (Å²) in [4.78, 5) is 18.6. The van der Waals surface area contributed by atoms with Gasteiger partial charge in [-0.25, -0.2) is 4.98 Å². The predicted octanol–water partition coefficient (Wildman–Crippen LogP) is 4.98. The number of hydrogen-bond acceptors (Lipinski definition) is 3. The monoisotopic (exact) mass is 374 g/mol. The van der Waals surface area contributed by atoms with Crippen LogP contribution in [0.2, 0.25) is 0 Å². The minimum atomic E-state index is -0.161. The smallest absolute Gasteiger partial charge is 0.258 e. The molecule has 0 saturated heterocycles. The molecule has 0 amide bonds. The van der Waals surface area contributed by atoms with Gasteiger partial charge in [-0.05, 0) is 24.0 Å². The first kappa shape index (κ1) is 16.8. The van der Waals surface area contributed by atoms with Gasteiger partial charge in [-0.1, -0.05) is 80.2 Å². The van der Waals surface area contributed by atoms with E-state index in [1.54, 1.807) is 11.8 Å². The molecule has 0 fully saturated rings. The Morgan fingerprint density at radius 2 is 1.89 bits per heavy atom. The number of rotatable bonds is 2. The molecule has 2 heterocycles. The molecule has 2 aromatic carbocycles. The average Bonchev–Trinajstić information content (AvgIpc) is 3.13. The first-order valence-corrected chi connectivity index (χ1v) is 10.4. The summed E-state index contributed by atoms with van der Waals surface area (Å²) in [5.74, 6) is 0. The van der Waals surface area contributed by atoms with Crippen molar-refractivity contribution in [3.63, 3.8) is 0 Å². The lowest BCUT2D eigenvalue weighted by Gasteiger charge is -2.35. The van der Waals surface area contributed by atoms with Crippen molar-refractivity contribution in [3.8, 4) is 11.3 Å². The van der Waals surface area contributed by atoms with Gasteiger partial charge in [0.2, 0.25) is 0 Å². The summed E-state index contributed by atoms with van der Waals surface area (Å²) in [6, 6.07) is 18.8. The second-order valence-corrected chi connectivity index (χ2v) is 8.97. The van der Waals surface area contributed by atoms with Gasteiger partial charge in [0, 0.05) is 17.5 Å². The molecule has 0 unspecified atom stereocenters. The molecular formula is C23H22N2OS. The Labute approximate surface area is 163 Å². The lowest BCUT2D eigenvalue weighted by atomic mass is 9.69. The number of thioether (sulfide) groups is 1. The Morgan fingerprint density at radius 3 is 2.67 bits per heavy atom. The van der Waals surface area contributed by atoms with E-state index in [-0.39, 0.29) is 16.2 Å². The van der Waals surface area contributed by atoms with Gasteiger partial charge in [-0.15, -0.1) is 0 Å². The second-order valence-electron chi connectivity index (χ2n) is 7.80. The third kappa shape index (κ3) is 2.50. The predicted molar refractivity (Wildman–Crippen MR) is 110 cm³/mol. The van der Waals surface area contributed by atoms with Crippen molar-refractivity contribution in [1.82, 2.24) is 9.55 Å². The van der Waals surface area contributed by atoms with E-state index in [4.69, 9.17) is 4.98 Å². The maximum atomic E-state index is 13.6. The Hall–Kier alpha value is -2.33. The highest BCUT2D eigenvalue weighted by molar-refractivity contribution is 7.99. The molecule has 27 heavy (non-hydrogen) atoms. The van der Waals surface area contributed by atoms with E-state index in [2.05, 4.69) is 56.3 Å². The van der Waals surface area contributed by atoms with Crippen LogP contribution in [0.25, 0.3) is 11.3 Å². The fourth-order valence-electron chi connectivity index (χ4n) is 4.41. The fourth-order valence-corrected chi connectivity index (χ4v) is 5.61. The summed E-state index contributed by atoms with van der Waals surface area (Å²) in [6.45, 7) is 5.09. The highest BCUT2D eigenvalue weighted by Crippen LogP contribution is 2.46. The summed E-state index contributed by atoms with van der Waals surface area (Å²) in [6.07, 6.45) is 1.83. The second kappa shape index (κ2) is 6.10. The largest absolute Gasteiger partial charge is 0.286 e. The van der Waals surface area contributed by atoms with Gasteiger partial charge < -0.3 is 0 Å². The third-order valence-electron chi connectivity index (χ3n) is 6.14. The number of fused-ring (bicyclic) bond motifs is 4. The van der Waals surface area contributed by atoms with E-state index in [0.29, 0.717) is 6.54 Å². The lowest BCUT2D eigenvalue weighted by Crippen LogP contribution is -2.39. The van der Waals surface area contributed by atoms with Crippen LogP contribution in [0.4, 0.5) is 0 Å². The van der Waals surface area contributed by atoms with Crippen molar-refractivity contribution in [1.29, 1.82) is 0 Å². The van der Waals surface area contributed by atoms with Crippen LogP contribution < -0.4 is 5.56 Å². The minimum absolute atomic E-state index is 0.153. The zero-order valence-electron chi connectivity index (χ0n) is 15.6. The van der Waals surface area contributed by atoms with Gasteiger partial charge in [0.25, 0.3) is 5.56 Å². The maximum absolute atomic E-state index is 13.6. The average molecular weight is 375 g/mol. The number of nitrogens with zero attached hydrogens (tertiary/aromatic N) is 2. The Morgan fingerprint density at radius 1 is 1.15 bits per heavy atom. The Balaban J connectivity index is 1.70. The van der Waals surface area contributed by atoms with Crippen molar-refractivity contribution in [2.24, 2.45) is 0 Å². The van der Waals surface area contributed by atoms with Crippen LogP contribution in [0.3, 0.4) is 0 Å². The summed E-state index contributed by atoms with van der Waals surface area (Å²) in [7, 11) is 0. The fraction of sp³-hybridized carbons (Fsp3) is 0.304. The molecule has 2 aliphatic rings. The molecule has 1 aromatic heterocycles. The van der Waals surface area contributed by atoms with Gasteiger partial charge in [0.15, 0.2) is 5.16 Å². The summed E-state index contributed by atoms with van der Waals surface area (Å²) in [5.41, 5.74) is 5.48. The van der Waals surface area contributed by atoms with E-state index in [1.807, 2.05) is 16.7 Å². The molecule has 0 N–H and O–H groups in total. The highest BCUT2D eigenvalue weighted by Gasteiger charge is 2.39. The number of benzene rings is 2. The molecule has 0 bridgehead atoms.